The van der Waals surface area contributed by atoms with Crippen molar-refractivity contribution in [3.63, 3.8) is 0 Å². The zero-order valence-corrected chi connectivity index (χ0v) is 19.1. The SMILES string of the molecule is COc1cc(OC)cc(N2C(=O)/C(=C(/C)NNC(=O)CCC(N)=O)c3ccc(C(F)(F)F)cc32)c1. The molecule has 4 N–H and O–H groups in total. The predicted molar refractivity (Wildman–Crippen MR) is 120 cm³/mol. The van der Waals surface area contributed by atoms with Crippen LogP contribution in [-0.4, -0.2) is 31.9 Å². The second kappa shape index (κ2) is 9.95. The molecule has 0 aliphatic carbocycles. The van der Waals surface area contributed by atoms with Crippen molar-refractivity contribution < 1.29 is 37.0 Å². The summed E-state index contributed by atoms with van der Waals surface area (Å²) in [5, 5.41) is 0. The molecule has 0 spiro atoms. The molecule has 0 fully saturated rings. The molecular formula is C23H23F3N4O5. The number of benzene rings is 2. The van der Waals surface area contributed by atoms with E-state index in [1.807, 2.05) is 0 Å². The zero-order chi connectivity index (χ0) is 25.9. The molecule has 0 saturated heterocycles. The van der Waals surface area contributed by atoms with Gasteiger partial charge in [0.2, 0.25) is 11.8 Å². The number of hydrazine groups is 1. The van der Waals surface area contributed by atoms with Gasteiger partial charge in [0.15, 0.2) is 0 Å². The monoisotopic (exact) mass is 492 g/mol. The first-order valence-corrected chi connectivity index (χ1v) is 10.3. The average molecular weight is 492 g/mol. The second-order valence-corrected chi connectivity index (χ2v) is 7.58. The molecule has 0 aromatic heterocycles. The summed E-state index contributed by atoms with van der Waals surface area (Å²) >= 11 is 0. The second-order valence-electron chi connectivity index (χ2n) is 7.58. The van der Waals surface area contributed by atoms with E-state index < -0.39 is 29.5 Å². The standard InChI is InChI=1S/C23H23F3N4O5/c1-12(28-29-20(32)7-6-19(27)31)21-17-5-4-13(23(24,25)26)8-18(17)30(22(21)33)14-9-15(34-2)11-16(10-14)35-3/h4-5,8-11,28H,6-7H2,1-3H3,(H2,27,31)(H,29,32)/b21-12-. The number of alkyl halides is 3. The van der Waals surface area contributed by atoms with Gasteiger partial charge in [-0.1, -0.05) is 6.07 Å². The van der Waals surface area contributed by atoms with Crippen molar-refractivity contribution in [1.82, 2.24) is 10.9 Å². The molecule has 0 radical (unpaired) electrons. The van der Waals surface area contributed by atoms with Crippen LogP contribution < -0.4 is 31.0 Å². The minimum absolute atomic E-state index is 0.00339. The number of primary amides is 1. The summed E-state index contributed by atoms with van der Waals surface area (Å²) in [6.07, 6.45) is -4.99. The molecule has 1 aliphatic heterocycles. The van der Waals surface area contributed by atoms with E-state index in [-0.39, 0.29) is 41.1 Å². The molecule has 0 unspecified atom stereocenters. The van der Waals surface area contributed by atoms with Crippen LogP contribution in [0.2, 0.25) is 0 Å². The summed E-state index contributed by atoms with van der Waals surface area (Å²) in [5.41, 5.74) is 9.70. The van der Waals surface area contributed by atoms with Crippen LogP contribution >= 0.6 is 0 Å². The quantitative estimate of drug-likeness (QED) is 0.385. The molecule has 35 heavy (non-hydrogen) atoms. The maximum Gasteiger partial charge on any atom is 0.416 e. The van der Waals surface area contributed by atoms with Gasteiger partial charge in [-0.3, -0.25) is 24.7 Å². The van der Waals surface area contributed by atoms with Crippen molar-refractivity contribution in [3.05, 3.63) is 53.2 Å². The number of carbonyl (C=O) groups is 3. The fourth-order valence-electron chi connectivity index (χ4n) is 3.51. The summed E-state index contributed by atoms with van der Waals surface area (Å²) in [4.78, 5) is 37.4. The molecule has 1 heterocycles. The summed E-state index contributed by atoms with van der Waals surface area (Å²) in [7, 11) is 2.81. The van der Waals surface area contributed by atoms with E-state index in [0.29, 0.717) is 11.5 Å². The number of rotatable bonds is 8. The van der Waals surface area contributed by atoms with Gasteiger partial charge in [-0.15, -0.1) is 0 Å². The lowest BCUT2D eigenvalue weighted by Crippen LogP contribution is -2.37. The minimum Gasteiger partial charge on any atom is -0.497 e. The molecule has 9 nitrogen and oxygen atoms in total. The van der Waals surface area contributed by atoms with Gasteiger partial charge in [-0.05, 0) is 19.1 Å². The Kier molecular flexibility index (Phi) is 7.22. The van der Waals surface area contributed by atoms with E-state index in [1.54, 1.807) is 6.07 Å². The summed E-state index contributed by atoms with van der Waals surface area (Å²) < 4.78 is 50.9. The van der Waals surface area contributed by atoms with E-state index in [4.69, 9.17) is 15.2 Å². The highest BCUT2D eigenvalue weighted by molar-refractivity contribution is 6.35. The number of anilines is 2. The van der Waals surface area contributed by atoms with Crippen LogP contribution in [0.5, 0.6) is 11.5 Å². The summed E-state index contributed by atoms with van der Waals surface area (Å²) in [6, 6.07) is 7.49. The van der Waals surface area contributed by atoms with Crippen LogP contribution in [0.4, 0.5) is 24.5 Å². The number of ether oxygens (including phenoxy) is 2. The van der Waals surface area contributed by atoms with Gasteiger partial charge in [-0.2, -0.15) is 13.2 Å². The van der Waals surface area contributed by atoms with Gasteiger partial charge in [-0.25, -0.2) is 0 Å². The van der Waals surface area contributed by atoms with Gasteiger partial charge >= 0.3 is 6.18 Å². The molecule has 2 aromatic carbocycles. The number of amides is 3. The highest BCUT2D eigenvalue weighted by Crippen LogP contribution is 2.46. The molecule has 2 aromatic rings. The van der Waals surface area contributed by atoms with Crippen molar-refractivity contribution in [2.75, 3.05) is 19.1 Å². The fraction of sp³-hybridized carbons (Fsp3) is 0.261. The number of methoxy groups -OCH3 is 2. The number of halogens is 3. The van der Waals surface area contributed by atoms with Crippen molar-refractivity contribution in [2.45, 2.75) is 25.9 Å². The van der Waals surface area contributed by atoms with Gasteiger partial charge in [0, 0.05) is 42.3 Å². The Hall–Kier alpha value is -4.22. The third-order valence-corrected chi connectivity index (χ3v) is 5.21. The van der Waals surface area contributed by atoms with Gasteiger partial charge < -0.3 is 20.6 Å². The first kappa shape index (κ1) is 25.4. The molecule has 3 rings (SSSR count). The Bertz CT molecular complexity index is 1190. The van der Waals surface area contributed by atoms with Crippen molar-refractivity contribution >= 4 is 34.7 Å². The molecule has 0 atom stereocenters. The van der Waals surface area contributed by atoms with Crippen molar-refractivity contribution in [2.24, 2.45) is 5.73 Å². The molecule has 12 heteroatoms. The molecule has 0 bridgehead atoms. The Balaban J connectivity index is 2.08. The van der Waals surface area contributed by atoms with Crippen molar-refractivity contribution in [3.8, 4) is 11.5 Å². The van der Waals surface area contributed by atoms with Gasteiger partial charge in [0.1, 0.15) is 11.5 Å². The lowest BCUT2D eigenvalue weighted by Gasteiger charge is -2.20. The smallest absolute Gasteiger partial charge is 0.416 e. The topological polar surface area (TPSA) is 123 Å². The maximum atomic E-state index is 13.5. The maximum absolute atomic E-state index is 13.5. The lowest BCUT2D eigenvalue weighted by atomic mass is 10.0. The van der Waals surface area contributed by atoms with E-state index in [1.165, 1.54) is 39.3 Å². The minimum atomic E-state index is -4.63. The Morgan fingerprint density at radius 1 is 1.00 bits per heavy atom. The number of nitrogens with two attached hydrogens (primary N) is 1. The third-order valence-electron chi connectivity index (χ3n) is 5.21. The molecule has 1 aliphatic rings. The van der Waals surface area contributed by atoms with E-state index in [9.17, 15) is 27.6 Å². The lowest BCUT2D eigenvalue weighted by molar-refractivity contribution is -0.137. The van der Waals surface area contributed by atoms with E-state index >= 15 is 0 Å². The molecular weight excluding hydrogens is 469 g/mol. The highest BCUT2D eigenvalue weighted by Gasteiger charge is 2.39. The first-order valence-electron chi connectivity index (χ1n) is 10.3. The summed E-state index contributed by atoms with van der Waals surface area (Å²) in [5.74, 6) is -1.19. The third kappa shape index (κ3) is 5.48. The van der Waals surface area contributed by atoms with Crippen LogP contribution in [0.25, 0.3) is 5.57 Å². The number of carbonyl (C=O) groups excluding carboxylic acids is 3. The molecule has 3 amide bonds. The van der Waals surface area contributed by atoms with E-state index in [0.717, 1.165) is 17.0 Å². The number of hydrogen-bond donors (Lipinski definition) is 3. The zero-order valence-electron chi connectivity index (χ0n) is 19.1. The highest BCUT2D eigenvalue weighted by atomic mass is 19.4. The molecule has 0 saturated carbocycles. The molecule has 186 valence electrons. The Labute approximate surface area is 198 Å². The number of nitrogens with zero attached hydrogens (tertiary/aromatic N) is 1. The van der Waals surface area contributed by atoms with E-state index in [2.05, 4.69) is 10.9 Å². The number of hydrogen-bond acceptors (Lipinski definition) is 6. The number of nitrogens with one attached hydrogen (secondary N) is 2. The van der Waals surface area contributed by atoms with Crippen LogP contribution in [0.1, 0.15) is 30.9 Å². The van der Waals surface area contributed by atoms with Gasteiger partial charge in [0.05, 0.1) is 36.7 Å². The number of fused-ring (bicyclic) bond motifs is 1. The normalized spacial score (nSPS) is 14.3. The first-order chi connectivity index (χ1) is 16.5. The average Bonchev–Trinajstić information content (AvgIpc) is 3.11. The number of allylic oxidation sites excluding steroid dienone is 1. The largest absolute Gasteiger partial charge is 0.497 e. The summed E-state index contributed by atoms with van der Waals surface area (Å²) in [6.45, 7) is 1.48. The van der Waals surface area contributed by atoms with Gasteiger partial charge in [0.25, 0.3) is 5.91 Å². The Morgan fingerprint density at radius 3 is 2.17 bits per heavy atom. The van der Waals surface area contributed by atoms with Crippen LogP contribution in [-0.2, 0) is 20.6 Å². The van der Waals surface area contributed by atoms with Crippen molar-refractivity contribution in [1.29, 1.82) is 0 Å². The Morgan fingerprint density at radius 2 is 1.63 bits per heavy atom. The fourth-order valence-corrected chi connectivity index (χ4v) is 3.51. The van der Waals surface area contributed by atoms with Crippen LogP contribution in [0.3, 0.4) is 0 Å². The van der Waals surface area contributed by atoms with Crippen LogP contribution in [0.15, 0.2) is 42.1 Å². The predicted octanol–water partition coefficient (Wildman–Crippen LogP) is 3.02. The van der Waals surface area contributed by atoms with Crippen LogP contribution in [0, 0.1) is 0 Å².